The van der Waals surface area contributed by atoms with E-state index >= 15 is 0 Å². The van der Waals surface area contributed by atoms with E-state index in [1.807, 2.05) is 56.3 Å². The van der Waals surface area contributed by atoms with Gasteiger partial charge in [0.05, 0.1) is 12.1 Å². The average molecular weight is 451 g/mol. The molecule has 6 heteroatoms. The van der Waals surface area contributed by atoms with Crippen LogP contribution >= 0.6 is 23.2 Å². The summed E-state index contributed by atoms with van der Waals surface area (Å²) >= 11 is 12.5. The first-order chi connectivity index (χ1) is 14.9. The predicted molar refractivity (Wildman–Crippen MR) is 125 cm³/mol. The summed E-state index contributed by atoms with van der Waals surface area (Å²) in [5, 5.41) is 4.26. The number of anilines is 1. The Morgan fingerprint density at radius 1 is 0.806 bits per heavy atom. The first-order valence-electron chi connectivity index (χ1n) is 9.80. The maximum Gasteiger partial charge on any atom is 0.278 e. The lowest BCUT2D eigenvalue weighted by molar-refractivity contribution is -0.137. The number of imide groups is 1. The number of hydrogen-bond acceptors (Lipinski definition) is 3. The first kappa shape index (κ1) is 21.2. The van der Waals surface area contributed by atoms with Crippen LogP contribution < -0.4 is 5.32 Å². The van der Waals surface area contributed by atoms with Gasteiger partial charge in [-0.2, -0.15) is 0 Å². The number of nitrogens with zero attached hydrogens (tertiary/aromatic N) is 1. The summed E-state index contributed by atoms with van der Waals surface area (Å²) in [5.41, 5.74) is 4.47. The monoisotopic (exact) mass is 450 g/mol. The largest absolute Gasteiger partial charge is 0.350 e. The van der Waals surface area contributed by atoms with Gasteiger partial charge < -0.3 is 5.32 Å². The van der Waals surface area contributed by atoms with Crippen LogP contribution in [0.25, 0.3) is 5.57 Å². The van der Waals surface area contributed by atoms with Gasteiger partial charge in [-0.15, -0.1) is 0 Å². The summed E-state index contributed by atoms with van der Waals surface area (Å²) in [4.78, 5) is 28.0. The molecule has 0 spiro atoms. The molecule has 2 amide bonds. The topological polar surface area (TPSA) is 49.4 Å². The molecular weight excluding hydrogens is 431 g/mol. The molecule has 31 heavy (non-hydrogen) atoms. The third-order valence-electron chi connectivity index (χ3n) is 5.32. The molecule has 3 aromatic rings. The number of aryl methyl sites for hydroxylation is 1. The van der Waals surface area contributed by atoms with Gasteiger partial charge in [0.2, 0.25) is 0 Å². The average Bonchev–Trinajstić information content (AvgIpc) is 2.98. The van der Waals surface area contributed by atoms with Crippen molar-refractivity contribution in [1.29, 1.82) is 0 Å². The Balaban J connectivity index is 1.78. The van der Waals surface area contributed by atoms with Crippen LogP contribution in [0.1, 0.15) is 22.3 Å². The lowest BCUT2D eigenvalue weighted by Gasteiger charge is -2.16. The van der Waals surface area contributed by atoms with E-state index < -0.39 is 5.91 Å². The van der Waals surface area contributed by atoms with E-state index in [2.05, 4.69) is 5.32 Å². The molecule has 4 nitrogen and oxygen atoms in total. The number of rotatable bonds is 5. The molecule has 1 aliphatic rings. The normalized spacial score (nSPS) is 13.9. The van der Waals surface area contributed by atoms with Gasteiger partial charge in [-0.1, -0.05) is 77.3 Å². The molecule has 0 bridgehead atoms. The molecule has 0 aliphatic carbocycles. The van der Waals surface area contributed by atoms with Gasteiger partial charge in [-0.3, -0.25) is 14.5 Å². The minimum Gasteiger partial charge on any atom is -0.350 e. The van der Waals surface area contributed by atoms with Gasteiger partial charge in [-0.05, 0) is 48.7 Å². The second kappa shape index (κ2) is 8.58. The van der Waals surface area contributed by atoms with Crippen molar-refractivity contribution in [3.8, 4) is 0 Å². The van der Waals surface area contributed by atoms with Crippen molar-refractivity contribution in [2.75, 3.05) is 5.32 Å². The summed E-state index contributed by atoms with van der Waals surface area (Å²) in [7, 11) is 0. The van der Waals surface area contributed by atoms with Crippen LogP contribution in [0.4, 0.5) is 5.69 Å². The molecule has 156 valence electrons. The fraction of sp³-hybridized carbons (Fsp3) is 0.120. The van der Waals surface area contributed by atoms with Crippen LogP contribution in [0.2, 0.25) is 10.0 Å². The molecule has 1 aliphatic heterocycles. The van der Waals surface area contributed by atoms with E-state index in [1.54, 1.807) is 24.3 Å². The number of nitrogens with one attached hydrogen (secondary N) is 1. The maximum atomic E-state index is 13.4. The van der Waals surface area contributed by atoms with Crippen molar-refractivity contribution in [3.05, 3.63) is 105 Å². The summed E-state index contributed by atoms with van der Waals surface area (Å²) in [6.45, 7) is 3.92. The number of hydrogen-bond donors (Lipinski definition) is 1. The summed E-state index contributed by atoms with van der Waals surface area (Å²) in [5.74, 6) is -0.768. The van der Waals surface area contributed by atoms with Crippen LogP contribution in [-0.4, -0.2) is 16.7 Å². The SMILES string of the molecule is Cc1ccc(C2=C(Nc3cccc(Cl)c3C)C(=O)N(Cc3ccccc3Cl)C2=O)cc1. The third kappa shape index (κ3) is 4.09. The van der Waals surface area contributed by atoms with E-state index in [0.29, 0.717) is 32.4 Å². The summed E-state index contributed by atoms with van der Waals surface area (Å²) in [6, 6.07) is 20.1. The standard InChI is InChI=1S/C25H20Cl2N2O2/c1-15-10-12-17(13-11-15)22-23(28-21-9-5-8-19(26)16(21)2)25(31)29(24(22)30)14-18-6-3-4-7-20(18)27/h3-13,28H,14H2,1-2H3. The number of halogens is 2. The zero-order chi connectivity index (χ0) is 22.1. The fourth-order valence-corrected chi connectivity index (χ4v) is 3.87. The highest BCUT2D eigenvalue weighted by atomic mass is 35.5. The maximum absolute atomic E-state index is 13.4. The Kier molecular flexibility index (Phi) is 5.86. The highest BCUT2D eigenvalue weighted by Crippen LogP contribution is 2.34. The van der Waals surface area contributed by atoms with Gasteiger partial charge in [0.25, 0.3) is 11.8 Å². The lowest BCUT2D eigenvalue weighted by Crippen LogP contribution is -2.32. The molecule has 0 fully saturated rings. The number of benzene rings is 3. The van der Waals surface area contributed by atoms with Gasteiger partial charge in [-0.25, -0.2) is 0 Å². The fourth-order valence-electron chi connectivity index (χ4n) is 3.50. The Morgan fingerprint density at radius 3 is 2.19 bits per heavy atom. The Bertz CT molecular complexity index is 1220. The van der Waals surface area contributed by atoms with Crippen LogP contribution in [0.5, 0.6) is 0 Å². The quantitative estimate of drug-likeness (QED) is 0.484. The molecular formula is C25H20Cl2N2O2. The van der Waals surface area contributed by atoms with Gasteiger partial charge in [0.15, 0.2) is 0 Å². The minimum atomic E-state index is -0.403. The second-order valence-corrected chi connectivity index (χ2v) is 8.26. The van der Waals surface area contributed by atoms with Crippen LogP contribution in [0.3, 0.4) is 0 Å². The third-order valence-corrected chi connectivity index (χ3v) is 6.10. The summed E-state index contributed by atoms with van der Waals surface area (Å²) < 4.78 is 0. The molecule has 1 heterocycles. The number of carbonyl (C=O) groups excluding carboxylic acids is 2. The Labute approximate surface area is 191 Å². The minimum absolute atomic E-state index is 0.0897. The molecule has 0 atom stereocenters. The Hall–Kier alpha value is -3.08. The van der Waals surface area contributed by atoms with Gasteiger partial charge in [0.1, 0.15) is 5.70 Å². The van der Waals surface area contributed by atoms with Crippen LogP contribution in [0, 0.1) is 13.8 Å². The molecule has 4 rings (SSSR count). The van der Waals surface area contributed by atoms with Crippen molar-refractivity contribution >= 4 is 46.3 Å². The van der Waals surface area contributed by atoms with Crippen LogP contribution in [0.15, 0.2) is 72.4 Å². The molecule has 0 radical (unpaired) electrons. The zero-order valence-corrected chi connectivity index (χ0v) is 18.6. The lowest BCUT2D eigenvalue weighted by atomic mass is 10.0. The highest BCUT2D eigenvalue weighted by molar-refractivity contribution is 6.37. The smallest absolute Gasteiger partial charge is 0.278 e. The van der Waals surface area contributed by atoms with Gasteiger partial charge >= 0.3 is 0 Å². The molecule has 3 aromatic carbocycles. The van der Waals surface area contributed by atoms with Crippen LogP contribution in [-0.2, 0) is 16.1 Å². The second-order valence-electron chi connectivity index (χ2n) is 7.44. The summed E-state index contributed by atoms with van der Waals surface area (Å²) in [6.07, 6.45) is 0. The number of carbonyl (C=O) groups is 2. The zero-order valence-electron chi connectivity index (χ0n) is 17.1. The highest BCUT2D eigenvalue weighted by Gasteiger charge is 2.39. The van der Waals surface area contributed by atoms with Gasteiger partial charge in [0, 0.05) is 15.7 Å². The molecule has 0 saturated heterocycles. The van der Waals surface area contributed by atoms with Crippen molar-refractivity contribution in [2.24, 2.45) is 0 Å². The van der Waals surface area contributed by atoms with Crippen molar-refractivity contribution in [2.45, 2.75) is 20.4 Å². The molecule has 0 saturated carbocycles. The first-order valence-corrected chi connectivity index (χ1v) is 10.6. The van der Waals surface area contributed by atoms with E-state index in [9.17, 15) is 9.59 Å². The van der Waals surface area contributed by atoms with Crippen molar-refractivity contribution in [3.63, 3.8) is 0 Å². The van der Waals surface area contributed by atoms with E-state index in [1.165, 1.54) is 4.90 Å². The molecule has 1 N–H and O–H groups in total. The molecule has 0 aromatic heterocycles. The number of amides is 2. The Morgan fingerprint density at radius 2 is 1.48 bits per heavy atom. The van der Waals surface area contributed by atoms with E-state index in [0.717, 1.165) is 11.1 Å². The van der Waals surface area contributed by atoms with Crippen molar-refractivity contribution in [1.82, 2.24) is 4.90 Å². The van der Waals surface area contributed by atoms with E-state index in [4.69, 9.17) is 23.2 Å². The molecule has 0 unspecified atom stereocenters. The predicted octanol–water partition coefficient (Wildman–Crippen LogP) is 6.00. The van der Waals surface area contributed by atoms with Crippen molar-refractivity contribution < 1.29 is 9.59 Å². The van der Waals surface area contributed by atoms with E-state index in [-0.39, 0.29) is 18.1 Å².